The molecule has 2 unspecified atom stereocenters. The molecule has 1 aromatic rings. The van der Waals surface area contributed by atoms with Crippen molar-refractivity contribution in [2.24, 2.45) is 5.92 Å². The van der Waals surface area contributed by atoms with E-state index in [0.717, 1.165) is 11.7 Å². The average Bonchev–Trinajstić information content (AvgIpc) is 2.32. The predicted octanol–water partition coefficient (Wildman–Crippen LogP) is 3.60. The van der Waals surface area contributed by atoms with E-state index < -0.39 is 0 Å². The van der Waals surface area contributed by atoms with E-state index in [1.54, 1.807) is 6.07 Å². The second-order valence-corrected chi connectivity index (χ2v) is 4.64. The molecule has 1 saturated carbocycles. The lowest BCUT2D eigenvalue weighted by molar-refractivity contribution is 0.327. The van der Waals surface area contributed by atoms with E-state index in [2.05, 4.69) is 17.2 Å². The van der Waals surface area contributed by atoms with Crippen molar-refractivity contribution in [2.45, 2.75) is 45.1 Å². The first-order chi connectivity index (χ1) is 7.78. The number of rotatable bonds is 3. The van der Waals surface area contributed by atoms with Crippen molar-refractivity contribution < 1.29 is 4.39 Å². The Morgan fingerprint density at radius 1 is 1.44 bits per heavy atom. The first-order valence-corrected chi connectivity index (χ1v) is 6.16. The smallest absolute Gasteiger partial charge is 0.141 e. The first-order valence-electron chi connectivity index (χ1n) is 6.16. The molecular weight excluding hydrogens is 203 g/mol. The second-order valence-electron chi connectivity index (χ2n) is 4.64. The highest BCUT2D eigenvalue weighted by Crippen LogP contribution is 2.28. The van der Waals surface area contributed by atoms with Gasteiger partial charge < -0.3 is 5.32 Å². The number of hydrogen-bond acceptors (Lipinski definition) is 2. The van der Waals surface area contributed by atoms with Crippen LogP contribution in [0, 0.1) is 11.7 Å². The van der Waals surface area contributed by atoms with Crippen LogP contribution >= 0.6 is 0 Å². The maximum Gasteiger partial charge on any atom is 0.141 e. The monoisotopic (exact) mass is 222 g/mol. The summed E-state index contributed by atoms with van der Waals surface area (Å²) < 4.78 is 12.7. The van der Waals surface area contributed by atoms with Crippen LogP contribution in [0.15, 0.2) is 18.3 Å². The number of anilines is 1. The quantitative estimate of drug-likeness (QED) is 0.845. The molecular formula is C13H19FN2. The van der Waals surface area contributed by atoms with E-state index in [1.165, 1.54) is 44.4 Å². The molecule has 0 saturated heterocycles. The highest BCUT2D eigenvalue weighted by atomic mass is 19.1. The standard InChI is InChI=1S/C13H19FN2/c1-2-10-4-3-5-12(8-10)16-13-7-6-11(14)9-15-13/h6-7,9-10,12H,2-5,8H2,1H3,(H,15,16). The molecule has 1 N–H and O–H groups in total. The summed E-state index contributed by atoms with van der Waals surface area (Å²) in [6.45, 7) is 2.25. The number of aromatic nitrogens is 1. The van der Waals surface area contributed by atoms with Gasteiger partial charge in [-0.1, -0.05) is 26.2 Å². The Bertz CT molecular complexity index is 323. The van der Waals surface area contributed by atoms with Crippen molar-refractivity contribution >= 4 is 5.82 Å². The minimum Gasteiger partial charge on any atom is -0.367 e. The summed E-state index contributed by atoms with van der Waals surface area (Å²) in [5.41, 5.74) is 0. The van der Waals surface area contributed by atoms with Gasteiger partial charge in [-0.3, -0.25) is 0 Å². The maximum atomic E-state index is 12.7. The molecule has 0 aliphatic heterocycles. The molecule has 0 amide bonds. The fraction of sp³-hybridized carbons (Fsp3) is 0.615. The van der Waals surface area contributed by atoms with Crippen LogP contribution in [0.1, 0.15) is 39.0 Å². The minimum absolute atomic E-state index is 0.277. The normalized spacial score (nSPS) is 25.4. The van der Waals surface area contributed by atoms with Crippen LogP contribution in [-0.2, 0) is 0 Å². The van der Waals surface area contributed by atoms with Crippen molar-refractivity contribution in [3.63, 3.8) is 0 Å². The lowest BCUT2D eigenvalue weighted by atomic mass is 9.84. The molecule has 2 atom stereocenters. The molecule has 1 heterocycles. The molecule has 1 aliphatic carbocycles. The van der Waals surface area contributed by atoms with Crippen LogP contribution in [0.3, 0.4) is 0 Å². The van der Waals surface area contributed by atoms with E-state index in [0.29, 0.717) is 6.04 Å². The van der Waals surface area contributed by atoms with Crippen LogP contribution < -0.4 is 5.32 Å². The highest BCUT2D eigenvalue weighted by molar-refractivity contribution is 5.34. The van der Waals surface area contributed by atoms with Gasteiger partial charge in [0.05, 0.1) is 6.20 Å². The number of halogens is 1. The Balaban J connectivity index is 1.91. The first kappa shape index (κ1) is 11.4. The molecule has 0 bridgehead atoms. The van der Waals surface area contributed by atoms with Gasteiger partial charge in [-0.2, -0.15) is 0 Å². The van der Waals surface area contributed by atoms with E-state index in [9.17, 15) is 4.39 Å². The molecule has 88 valence electrons. The van der Waals surface area contributed by atoms with Crippen LogP contribution in [0.4, 0.5) is 10.2 Å². The van der Waals surface area contributed by atoms with E-state index in [1.807, 2.05) is 0 Å². The van der Waals surface area contributed by atoms with Gasteiger partial charge in [-0.05, 0) is 30.9 Å². The van der Waals surface area contributed by atoms with Crippen molar-refractivity contribution in [1.29, 1.82) is 0 Å². The summed E-state index contributed by atoms with van der Waals surface area (Å²) in [6.07, 6.45) is 7.59. The van der Waals surface area contributed by atoms with Crippen LogP contribution in [-0.4, -0.2) is 11.0 Å². The molecule has 0 radical (unpaired) electrons. The van der Waals surface area contributed by atoms with Crippen molar-refractivity contribution in [1.82, 2.24) is 4.98 Å². The van der Waals surface area contributed by atoms with Gasteiger partial charge in [-0.25, -0.2) is 9.37 Å². The third-order valence-electron chi connectivity index (χ3n) is 3.44. The SMILES string of the molecule is CCC1CCCC(Nc2ccc(F)cn2)C1. The number of nitrogens with zero attached hydrogens (tertiary/aromatic N) is 1. The molecule has 2 nitrogen and oxygen atoms in total. The zero-order chi connectivity index (χ0) is 11.4. The molecule has 0 spiro atoms. The molecule has 2 rings (SSSR count). The topological polar surface area (TPSA) is 24.9 Å². The molecule has 1 aliphatic rings. The Kier molecular flexibility index (Phi) is 3.75. The summed E-state index contributed by atoms with van der Waals surface area (Å²) >= 11 is 0. The zero-order valence-corrected chi connectivity index (χ0v) is 9.75. The highest BCUT2D eigenvalue weighted by Gasteiger charge is 2.20. The third-order valence-corrected chi connectivity index (χ3v) is 3.44. The van der Waals surface area contributed by atoms with E-state index in [4.69, 9.17) is 0 Å². The number of pyridine rings is 1. The Labute approximate surface area is 96.3 Å². The van der Waals surface area contributed by atoms with E-state index in [-0.39, 0.29) is 5.82 Å². The fourth-order valence-corrected chi connectivity index (χ4v) is 2.46. The summed E-state index contributed by atoms with van der Waals surface area (Å²) in [5, 5.41) is 3.39. The average molecular weight is 222 g/mol. The molecule has 1 fully saturated rings. The van der Waals surface area contributed by atoms with Gasteiger partial charge in [0.1, 0.15) is 11.6 Å². The van der Waals surface area contributed by atoms with Crippen molar-refractivity contribution in [3.8, 4) is 0 Å². The third kappa shape index (κ3) is 2.94. The zero-order valence-electron chi connectivity index (χ0n) is 9.75. The van der Waals surface area contributed by atoms with Gasteiger partial charge in [0.15, 0.2) is 0 Å². The predicted molar refractivity (Wildman–Crippen MR) is 63.9 cm³/mol. The van der Waals surface area contributed by atoms with Crippen LogP contribution in [0.5, 0.6) is 0 Å². The summed E-state index contributed by atoms with van der Waals surface area (Å²) in [6, 6.07) is 3.68. The Hall–Kier alpha value is -1.12. The lowest BCUT2D eigenvalue weighted by Crippen LogP contribution is -2.27. The summed E-state index contributed by atoms with van der Waals surface area (Å²) in [4.78, 5) is 4.04. The summed E-state index contributed by atoms with van der Waals surface area (Å²) in [5.74, 6) is 1.36. The largest absolute Gasteiger partial charge is 0.367 e. The Morgan fingerprint density at radius 3 is 3.00 bits per heavy atom. The van der Waals surface area contributed by atoms with E-state index >= 15 is 0 Å². The van der Waals surface area contributed by atoms with Crippen molar-refractivity contribution in [3.05, 3.63) is 24.1 Å². The lowest BCUT2D eigenvalue weighted by Gasteiger charge is -2.29. The Morgan fingerprint density at radius 2 is 2.31 bits per heavy atom. The molecule has 3 heteroatoms. The van der Waals surface area contributed by atoms with Gasteiger partial charge in [-0.15, -0.1) is 0 Å². The second kappa shape index (κ2) is 5.28. The van der Waals surface area contributed by atoms with Crippen LogP contribution in [0.2, 0.25) is 0 Å². The van der Waals surface area contributed by atoms with Crippen molar-refractivity contribution in [2.75, 3.05) is 5.32 Å². The molecule has 1 aromatic heterocycles. The number of nitrogens with one attached hydrogen (secondary N) is 1. The minimum atomic E-state index is -0.277. The van der Waals surface area contributed by atoms with Gasteiger partial charge in [0.25, 0.3) is 0 Å². The number of hydrogen-bond donors (Lipinski definition) is 1. The van der Waals surface area contributed by atoms with Gasteiger partial charge in [0, 0.05) is 6.04 Å². The fourth-order valence-electron chi connectivity index (χ4n) is 2.46. The van der Waals surface area contributed by atoms with Gasteiger partial charge in [0.2, 0.25) is 0 Å². The molecule has 16 heavy (non-hydrogen) atoms. The van der Waals surface area contributed by atoms with Gasteiger partial charge >= 0.3 is 0 Å². The summed E-state index contributed by atoms with van der Waals surface area (Å²) in [7, 11) is 0. The maximum absolute atomic E-state index is 12.7. The molecule has 0 aromatic carbocycles. The van der Waals surface area contributed by atoms with Crippen LogP contribution in [0.25, 0.3) is 0 Å².